The van der Waals surface area contributed by atoms with Crippen molar-refractivity contribution in [2.75, 3.05) is 26.4 Å². The highest BCUT2D eigenvalue weighted by molar-refractivity contribution is 6.21. The Balaban J connectivity index is 0.00000281. The molecular weight excluding hydrogens is 1740 g/mol. The third-order valence-electron chi connectivity index (χ3n) is 23.0. The van der Waals surface area contributed by atoms with Gasteiger partial charge in [-0.05, 0) is 191 Å². The minimum Gasteiger partial charge on any atom is -1.00 e. The predicted molar refractivity (Wildman–Crippen MR) is 470 cm³/mol. The number of benzene rings is 10. The molecule has 19 rings (SSSR count). The molecule has 602 valence electrons. The van der Waals surface area contributed by atoms with Crippen molar-refractivity contribution in [2.45, 2.75) is 103 Å². The van der Waals surface area contributed by atoms with Gasteiger partial charge >= 0.3 is 0 Å². The van der Waals surface area contributed by atoms with Crippen LogP contribution in [0.5, 0.6) is 23.0 Å². The maximum absolute atomic E-state index is 7.02. The standard InChI is InChI=1S/C104H94N8O4.4BrH/c1-17-41-109(42-18-1)49-25-5-29-53-113-83-57-81(58-84(69-83)114-54-30-6-26-50-110-43-19-2-20-44-110)99-101-91-65-77-37-13-9-33-73(77)61-87(91)95(105-101)71-97-89-63-75-35-11-15-39-79(75)67-93(89)103(107-97)100(82-59-85(115-55-31-7-27-51-111-45-21-3-22-46-111)70-86(60-82)116-56-32-8-28-52-112-47-23-4-24-48-112)104-94-68-80-40-16-12-36-76(80)64-90(94)98(108-104)72-96-88-62-74-34-10-14-38-78(74)66-92(88)102(99)106-96;;;;/h1-4,9-24,33-48,57-72,105,108H,5-8,25-32,49-56H2;4*1H/q+4;;;;/p-4. The molecule has 0 fully saturated rings. The molecule has 0 aliphatic carbocycles. The number of halogens is 4. The highest BCUT2D eigenvalue weighted by atomic mass is 79.9. The summed E-state index contributed by atoms with van der Waals surface area (Å²) in [6, 6.07) is 96.5. The van der Waals surface area contributed by atoms with Crippen molar-refractivity contribution in [1.29, 1.82) is 0 Å². The molecule has 16 heteroatoms. The first-order valence-electron chi connectivity index (χ1n) is 41.6. The number of pyridine rings is 4. The fourth-order valence-corrected chi connectivity index (χ4v) is 17.1. The molecule has 0 spiro atoms. The Morgan fingerprint density at radius 1 is 0.242 bits per heavy atom. The van der Waals surface area contributed by atoms with Crippen LogP contribution in [0.1, 0.15) is 77.0 Å². The van der Waals surface area contributed by atoms with Crippen molar-refractivity contribution in [2.24, 2.45) is 0 Å². The molecule has 0 radical (unpaired) electrons. The van der Waals surface area contributed by atoms with E-state index in [1.807, 2.05) is 0 Å². The topological polar surface area (TPSA) is 110 Å². The molecule has 0 unspecified atom stereocenters. The molecule has 0 amide bonds. The first-order chi connectivity index (χ1) is 57.5. The first kappa shape index (κ1) is 83.7. The van der Waals surface area contributed by atoms with Crippen molar-refractivity contribution in [3.05, 3.63) is 316 Å². The number of aromatic amines is 2. The zero-order chi connectivity index (χ0) is 77.4. The van der Waals surface area contributed by atoms with Crippen molar-refractivity contribution in [3.63, 3.8) is 0 Å². The van der Waals surface area contributed by atoms with E-state index in [2.05, 4.69) is 345 Å². The first-order valence-corrected chi connectivity index (χ1v) is 41.6. The third-order valence-corrected chi connectivity index (χ3v) is 23.0. The minimum absolute atomic E-state index is 0. The van der Waals surface area contributed by atoms with Crippen LogP contribution in [0.3, 0.4) is 0 Å². The van der Waals surface area contributed by atoms with E-state index in [0.717, 1.165) is 280 Å². The average Bonchev–Trinajstić information content (AvgIpc) is 1.56. The molecule has 8 bridgehead atoms. The van der Waals surface area contributed by atoms with Gasteiger partial charge in [0, 0.05) is 152 Å². The second-order valence-corrected chi connectivity index (χ2v) is 31.0. The van der Waals surface area contributed by atoms with Gasteiger partial charge < -0.3 is 96.8 Å². The van der Waals surface area contributed by atoms with Gasteiger partial charge in [0.25, 0.3) is 0 Å². The van der Waals surface area contributed by atoms with Crippen LogP contribution in [-0.4, -0.2) is 46.4 Å². The summed E-state index contributed by atoms with van der Waals surface area (Å²) in [6.07, 6.45) is 29.0. The fourth-order valence-electron chi connectivity index (χ4n) is 17.1. The van der Waals surface area contributed by atoms with Crippen LogP contribution in [0.4, 0.5) is 0 Å². The van der Waals surface area contributed by atoms with E-state index >= 15 is 0 Å². The van der Waals surface area contributed by atoms with Crippen LogP contribution in [0.2, 0.25) is 0 Å². The Morgan fingerprint density at radius 2 is 0.500 bits per heavy atom. The Hall–Kier alpha value is -11.4. The molecule has 7 aromatic heterocycles. The number of fused-ring (bicyclic) bond motifs is 24. The number of unbranched alkanes of at least 4 members (excludes halogenated alkanes) is 8. The van der Waals surface area contributed by atoms with Gasteiger partial charge in [-0.3, -0.25) is 0 Å². The van der Waals surface area contributed by atoms with E-state index in [-0.39, 0.29) is 67.9 Å². The summed E-state index contributed by atoms with van der Waals surface area (Å²) < 4.78 is 37.1. The maximum Gasteiger partial charge on any atom is 0.168 e. The Morgan fingerprint density at radius 3 is 0.783 bits per heavy atom. The zero-order valence-electron chi connectivity index (χ0n) is 67.0. The van der Waals surface area contributed by atoms with Gasteiger partial charge in [-0.15, -0.1) is 0 Å². The average molecular weight is 1840 g/mol. The van der Waals surface area contributed by atoms with Gasteiger partial charge in [0.1, 0.15) is 49.2 Å². The van der Waals surface area contributed by atoms with Crippen molar-refractivity contribution in [1.82, 2.24) is 19.9 Å². The SMILES string of the molecule is [Br-].[Br-].[Br-].[Br-].c1cc[n+](CCCCCOc2cc(OCCCCC[n+]3ccccc3)cc(-c3c4nc(cc5[nH]c(c(-c6cc(OCCCCC[n+]7ccccc7)cc(OCCCCC[n+]7ccccc7)c6)c6nc(cc7[nH]c3c3cc8ccccc8cc73)-c3cc7ccccc7cc3-6)c3cc6ccccc6cc53)-c3cc5ccccc5cc3-4)c2)cc1. The monoisotopic (exact) mass is 1830 g/mol. The molecule has 9 heterocycles. The van der Waals surface area contributed by atoms with Crippen LogP contribution >= 0.6 is 0 Å². The largest absolute Gasteiger partial charge is 1.00 e. The normalized spacial score (nSPS) is 11.4. The molecule has 2 N–H and O–H groups in total. The van der Waals surface area contributed by atoms with Crippen LogP contribution in [0.25, 0.3) is 154 Å². The number of nitrogens with one attached hydrogen (secondary N) is 2. The number of hydrogen-bond donors (Lipinski definition) is 2. The molecule has 2 aliphatic heterocycles. The second kappa shape index (κ2) is 39.2. The van der Waals surface area contributed by atoms with Crippen LogP contribution < -0.4 is 105 Å². The fraction of sp³-hybridized carbons (Fsp3) is 0.192. The summed E-state index contributed by atoms with van der Waals surface area (Å²) in [5.41, 5.74) is 14.8. The number of rotatable bonds is 30. The van der Waals surface area contributed by atoms with Gasteiger partial charge in [0.2, 0.25) is 0 Å². The van der Waals surface area contributed by atoms with Gasteiger partial charge in [0.15, 0.2) is 49.6 Å². The lowest BCUT2D eigenvalue weighted by Crippen LogP contribution is -3.00. The number of hydrogen-bond acceptors (Lipinski definition) is 6. The molecule has 2 aliphatic rings. The number of nitrogens with zero attached hydrogens (tertiary/aromatic N) is 6. The molecule has 0 atom stereocenters. The van der Waals surface area contributed by atoms with Crippen molar-refractivity contribution < 1.29 is 105 Å². The van der Waals surface area contributed by atoms with E-state index in [1.165, 1.54) is 0 Å². The van der Waals surface area contributed by atoms with Gasteiger partial charge in [0.05, 0.1) is 60.2 Å². The van der Waals surface area contributed by atoms with E-state index in [0.29, 0.717) is 26.4 Å². The van der Waals surface area contributed by atoms with E-state index < -0.39 is 0 Å². The summed E-state index contributed by atoms with van der Waals surface area (Å²) in [4.78, 5) is 20.8. The van der Waals surface area contributed by atoms with Crippen LogP contribution in [-0.2, 0) is 26.2 Å². The Labute approximate surface area is 742 Å². The summed E-state index contributed by atoms with van der Waals surface area (Å²) in [7, 11) is 0. The molecular formula is C104H94Br4N8O4. The second-order valence-electron chi connectivity index (χ2n) is 31.0. The van der Waals surface area contributed by atoms with Gasteiger partial charge in [-0.1, -0.05) is 121 Å². The smallest absolute Gasteiger partial charge is 0.168 e. The number of ether oxygens (including phenoxy) is 4. The van der Waals surface area contributed by atoms with Crippen molar-refractivity contribution >= 4 is 86.7 Å². The van der Waals surface area contributed by atoms with Crippen LogP contribution in [0, 0.1) is 0 Å². The minimum atomic E-state index is 0. The van der Waals surface area contributed by atoms with E-state index in [1.54, 1.807) is 0 Å². The number of aromatic nitrogens is 8. The van der Waals surface area contributed by atoms with Gasteiger partial charge in [-0.25, -0.2) is 28.2 Å². The molecule has 10 aromatic carbocycles. The summed E-state index contributed by atoms with van der Waals surface area (Å²) >= 11 is 0. The summed E-state index contributed by atoms with van der Waals surface area (Å²) in [6.45, 7) is 5.99. The quantitative estimate of drug-likeness (QED) is 0.0343. The number of aryl methyl sites for hydroxylation is 4. The third kappa shape index (κ3) is 18.6. The number of H-pyrrole nitrogens is 2. The Bertz CT molecular complexity index is 6110. The zero-order valence-corrected chi connectivity index (χ0v) is 73.3. The van der Waals surface area contributed by atoms with E-state index in [4.69, 9.17) is 28.9 Å². The molecule has 0 saturated heterocycles. The molecule has 12 nitrogen and oxygen atoms in total. The van der Waals surface area contributed by atoms with E-state index in [9.17, 15) is 0 Å². The summed E-state index contributed by atoms with van der Waals surface area (Å²) in [5.74, 6) is 2.97. The predicted octanol–water partition coefficient (Wildman–Crippen LogP) is 11.4. The summed E-state index contributed by atoms with van der Waals surface area (Å²) in [5, 5.41) is 13.2. The molecule has 120 heavy (non-hydrogen) atoms. The van der Waals surface area contributed by atoms with Gasteiger partial charge in [-0.2, -0.15) is 0 Å². The lowest BCUT2D eigenvalue weighted by atomic mass is 9.93. The maximum atomic E-state index is 7.02. The lowest BCUT2D eigenvalue weighted by molar-refractivity contribution is -0.697. The highest BCUT2D eigenvalue weighted by Gasteiger charge is 2.29. The lowest BCUT2D eigenvalue weighted by Gasteiger charge is -2.15. The van der Waals surface area contributed by atoms with Crippen molar-refractivity contribution in [3.8, 4) is 90.3 Å². The molecule has 0 saturated carbocycles. The highest BCUT2D eigenvalue weighted by Crippen LogP contribution is 2.51. The van der Waals surface area contributed by atoms with Crippen LogP contribution in [0.15, 0.2) is 316 Å². The Kier molecular flexibility index (Phi) is 27.3. The molecule has 17 aromatic rings.